The number of benzene rings is 2. The van der Waals surface area contributed by atoms with Gasteiger partial charge in [0, 0.05) is 17.7 Å². The molecule has 0 saturated carbocycles. The highest BCUT2D eigenvalue weighted by Crippen LogP contribution is 2.38. The number of anilines is 1. The summed E-state index contributed by atoms with van der Waals surface area (Å²) >= 11 is 0. The molecule has 0 unspecified atom stereocenters. The maximum Gasteiger partial charge on any atom is 0.133 e. The van der Waals surface area contributed by atoms with Gasteiger partial charge in [-0.25, -0.2) is 4.68 Å². The first-order valence-electron chi connectivity index (χ1n) is 8.26. The SMILES string of the molecule is COc1ccccc1-c1nn(-c2ccc(C)cc2C)c2c1CCN2. The van der Waals surface area contributed by atoms with Gasteiger partial charge in [-0.15, -0.1) is 0 Å². The first kappa shape index (κ1) is 14.8. The number of methoxy groups -OCH3 is 1. The quantitative estimate of drug-likeness (QED) is 0.789. The molecule has 4 rings (SSSR count). The van der Waals surface area contributed by atoms with Gasteiger partial charge in [0.15, 0.2) is 0 Å². The third kappa shape index (κ3) is 2.26. The predicted octanol–water partition coefficient (Wildman–Crippen LogP) is 4.13. The average Bonchev–Trinajstić information content (AvgIpc) is 3.18. The van der Waals surface area contributed by atoms with Gasteiger partial charge < -0.3 is 10.1 Å². The molecule has 122 valence electrons. The molecule has 2 aromatic carbocycles. The number of para-hydroxylation sites is 1. The fourth-order valence-corrected chi connectivity index (χ4v) is 3.45. The second-order valence-electron chi connectivity index (χ2n) is 6.25. The molecule has 4 heteroatoms. The number of nitrogens with zero attached hydrogens (tertiary/aromatic N) is 2. The Hall–Kier alpha value is -2.75. The van der Waals surface area contributed by atoms with Crippen molar-refractivity contribution in [2.75, 3.05) is 19.0 Å². The van der Waals surface area contributed by atoms with Crippen molar-refractivity contribution in [1.82, 2.24) is 9.78 Å². The minimum absolute atomic E-state index is 0.859. The van der Waals surface area contributed by atoms with E-state index in [1.165, 1.54) is 16.7 Å². The lowest BCUT2D eigenvalue weighted by Gasteiger charge is -2.10. The summed E-state index contributed by atoms with van der Waals surface area (Å²) < 4.78 is 7.58. The molecule has 1 aliphatic heterocycles. The highest BCUT2D eigenvalue weighted by Gasteiger charge is 2.25. The van der Waals surface area contributed by atoms with E-state index >= 15 is 0 Å². The van der Waals surface area contributed by atoms with Crippen LogP contribution in [0.25, 0.3) is 16.9 Å². The molecule has 0 amide bonds. The lowest BCUT2D eigenvalue weighted by molar-refractivity contribution is 0.416. The van der Waals surface area contributed by atoms with Crippen LogP contribution in [-0.4, -0.2) is 23.4 Å². The van der Waals surface area contributed by atoms with E-state index in [2.05, 4.69) is 43.4 Å². The molecule has 2 heterocycles. The molecule has 4 nitrogen and oxygen atoms in total. The molecule has 0 saturated heterocycles. The summed E-state index contributed by atoms with van der Waals surface area (Å²) in [5.41, 5.74) is 6.92. The van der Waals surface area contributed by atoms with Crippen molar-refractivity contribution in [3.05, 3.63) is 59.2 Å². The van der Waals surface area contributed by atoms with E-state index in [-0.39, 0.29) is 0 Å². The highest BCUT2D eigenvalue weighted by atomic mass is 16.5. The monoisotopic (exact) mass is 319 g/mol. The largest absolute Gasteiger partial charge is 0.496 e. The Kier molecular flexibility index (Phi) is 3.53. The molecule has 3 aromatic rings. The number of hydrogen-bond acceptors (Lipinski definition) is 3. The van der Waals surface area contributed by atoms with Gasteiger partial charge in [0.05, 0.1) is 12.8 Å². The number of nitrogens with one attached hydrogen (secondary N) is 1. The van der Waals surface area contributed by atoms with Crippen LogP contribution >= 0.6 is 0 Å². The van der Waals surface area contributed by atoms with Crippen molar-refractivity contribution < 1.29 is 4.74 Å². The molecule has 0 spiro atoms. The number of aryl methyl sites for hydroxylation is 2. The van der Waals surface area contributed by atoms with E-state index in [1.54, 1.807) is 7.11 Å². The summed E-state index contributed by atoms with van der Waals surface area (Å²) in [4.78, 5) is 0. The van der Waals surface area contributed by atoms with Gasteiger partial charge in [0.25, 0.3) is 0 Å². The lowest BCUT2D eigenvalue weighted by Crippen LogP contribution is -2.06. The van der Waals surface area contributed by atoms with Gasteiger partial charge in [-0.1, -0.05) is 29.8 Å². The number of hydrogen-bond donors (Lipinski definition) is 1. The molecular weight excluding hydrogens is 298 g/mol. The summed E-state index contributed by atoms with van der Waals surface area (Å²) in [7, 11) is 1.71. The number of aromatic nitrogens is 2. The van der Waals surface area contributed by atoms with Crippen LogP contribution in [0.2, 0.25) is 0 Å². The van der Waals surface area contributed by atoms with Crippen LogP contribution < -0.4 is 10.1 Å². The fourth-order valence-electron chi connectivity index (χ4n) is 3.45. The van der Waals surface area contributed by atoms with Crippen LogP contribution in [0.5, 0.6) is 5.75 Å². The Balaban J connectivity index is 1.93. The van der Waals surface area contributed by atoms with E-state index in [4.69, 9.17) is 9.84 Å². The summed E-state index contributed by atoms with van der Waals surface area (Å²) in [5.74, 6) is 1.96. The summed E-state index contributed by atoms with van der Waals surface area (Å²) in [6.45, 7) is 5.19. The summed E-state index contributed by atoms with van der Waals surface area (Å²) in [5, 5.41) is 8.44. The van der Waals surface area contributed by atoms with Crippen molar-refractivity contribution in [2.24, 2.45) is 0 Å². The van der Waals surface area contributed by atoms with Gasteiger partial charge in [0.1, 0.15) is 17.3 Å². The van der Waals surface area contributed by atoms with Gasteiger partial charge in [-0.3, -0.25) is 0 Å². The Labute approximate surface area is 142 Å². The Morgan fingerprint density at radius 2 is 1.96 bits per heavy atom. The molecule has 0 aliphatic carbocycles. The van der Waals surface area contributed by atoms with Crippen molar-refractivity contribution in [1.29, 1.82) is 0 Å². The van der Waals surface area contributed by atoms with Crippen molar-refractivity contribution in [2.45, 2.75) is 20.3 Å². The van der Waals surface area contributed by atoms with E-state index in [9.17, 15) is 0 Å². The Morgan fingerprint density at radius 3 is 2.75 bits per heavy atom. The molecule has 1 aromatic heterocycles. The van der Waals surface area contributed by atoms with E-state index < -0.39 is 0 Å². The second kappa shape index (κ2) is 5.71. The molecular formula is C20H21N3O. The van der Waals surface area contributed by atoms with Crippen LogP contribution in [0.15, 0.2) is 42.5 Å². The Bertz CT molecular complexity index is 911. The van der Waals surface area contributed by atoms with E-state index in [0.717, 1.165) is 41.5 Å². The van der Waals surface area contributed by atoms with Crippen molar-refractivity contribution in [3.63, 3.8) is 0 Å². The third-order valence-electron chi connectivity index (χ3n) is 4.59. The van der Waals surface area contributed by atoms with Crippen LogP contribution in [0.3, 0.4) is 0 Å². The van der Waals surface area contributed by atoms with Gasteiger partial charge >= 0.3 is 0 Å². The molecule has 0 bridgehead atoms. The zero-order valence-electron chi connectivity index (χ0n) is 14.3. The lowest BCUT2D eigenvalue weighted by atomic mass is 10.1. The number of fused-ring (bicyclic) bond motifs is 1. The van der Waals surface area contributed by atoms with Gasteiger partial charge in [-0.05, 0) is 44.0 Å². The van der Waals surface area contributed by atoms with Crippen LogP contribution in [0.4, 0.5) is 5.82 Å². The first-order valence-corrected chi connectivity index (χ1v) is 8.26. The zero-order chi connectivity index (χ0) is 16.7. The summed E-state index contributed by atoms with van der Waals surface area (Å²) in [6, 6.07) is 14.6. The third-order valence-corrected chi connectivity index (χ3v) is 4.59. The van der Waals surface area contributed by atoms with Crippen LogP contribution in [-0.2, 0) is 6.42 Å². The maximum atomic E-state index is 5.54. The molecule has 0 fully saturated rings. The van der Waals surface area contributed by atoms with Gasteiger partial charge in [-0.2, -0.15) is 5.10 Å². The van der Waals surface area contributed by atoms with Crippen LogP contribution in [0.1, 0.15) is 16.7 Å². The molecule has 0 radical (unpaired) electrons. The minimum atomic E-state index is 0.859. The average molecular weight is 319 g/mol. The van der Waals surface area contributed by atoms with Crippen molar-refractivity contribution in [3.8, 4) is 22.7 Å². The van der Waals surface area contributed by atoms with Crippen molar-refractivity contribution >= 4 is 5.82 Å². The van der Waals surface area contributed by atoms with E-state index in [0.29, 0.717) is 0 Å². The molecule has 24 heavy (non-hydrogen) atoms. The summed E-state index contributed by atoms with van der Waals surface area (Å²) in [6.07, 6.45) is 0.980. The molecule has 1 aliphatic rings. The number of ether oxygens (including phenoxy) is 1. The fraction of sp³-hybridized carbons (Fsp3) is 0.250. The topological polar surface area (TPSA) is 39.1 Å². The normalized spacial score (nSPS) is 12.8. The Morgan fingerprint density at radius 1 is 1.12 bits per heavy atom. The minimum Gasteiger partial charge on any atom is -0.496 e. The standard InChI is InChI=1S/C20H21N3O/c1-13-8-9-17(14(2)12-13)23-20-16(10-11-21-20)19(22-23)15-6-4-5-7-18(15)24-3/h4-9,12,21H,10-11H2,1-3H3. The smallest absolute Gasteiger partial charge is 0.133 e. The maximum absolute atomic E-state index is 5.54. The molecule has 1 N–H and O–H groups in total. The van der Waals surface area contributed by atoms with Crippen LogP contribution in [0, 0.1) is 13.8 Å². The van der Waals surface area contributed by atoms with E-state index in [1.807, 2.05) is 22.9 Å². The highest BCUT2D eigenvalue weighted by molar-refractivity contribution is 5.76. The molecule has 0 atom stereocenters. The second-order valence-corrected chi connectivity index (χ2v) is 6.25. The predicted molar refractivity (Wildman–Crippen MR) is 97.2 cm³/mol. The first-order chi connectivity index (χ1) is 11.7. The zero-order valence-corrected chi connectivity index (χ0v) is 14.3. The number of rotatable bonds is 3. The van der Waals surface area contributed by atoms with Gasteiger partial charge in [0.2, 0.25) is 0 Å².